The zero-order valence-electron chi connectivity index (χ0n) is 13.4. The first-order valence-corrected chi connectivity index (χ1v) is 7.72. The van der Waals surface area contributed by atoms with Gasteiger partial charge in [0.05, 0.1) is 19.9 Å². The van der Waals surface area contributed by atoms with Crippen molar-refractivity contribution in [2.45, 2.75) is 44.8 Å². The van der Waals surface area contributed by atoms with E-state index in [1.807, 2.05) is 18.8 Å². The quantitative estimate of drug-likeness (QED) is 0.784. The van der Waals surface area contributed by atoms with Crippen molar-refractivity contribution in [2.24, 2.45) is 0 Å². The third-order valence-corrected chi connectivity index (χ3v) is 3.98. The first kappa shape index (κ1) is 16.0. The Hall–Kier alpha value is -1.33. The number of methoxy groups -OCH3 is 1. The average molecular weight is 293 g/mol. The molecule has 0 amide bonds. The van der Waals surface area contributed by atoms with E-state index in [1.165, 1.54) is 18.4 Å². The number of rotatable bonds is 7. The molecular weight excluding hydrogens is 266 g/mol. The summed E-state index contributed by atoms with van der Waals surface area (Å²) in [5.74, 6) is 0.678. The molecule has 21 heavy (non-hydrogen) atoms. The van der Waals surface area contributed by atoms with E-state index in [2.05, 4.69) is 16.1 Å². The van der Waals surface area contributed by atoms with Gasteiger partial charge in [0.25, 0.3) is 0 Å². The van der Waals surface area contributed by atoms with Gasteiger partial charge >= 0.3 is 0 Å². The fraction of sp³-hybridized carbons (Fsp3) is 0.688. The highest BCUT2D eigenvalue weighted by Crippen LogP contribution is 2.32. The van der Waals surface area contributed by atoms with E-state index in [9.17, 15) is 5.11 Å². The minimum absolute atomic E-state index is 0.547. The molecule has 1 heterocycles. The van der Waals surface area contributed by atoms with Crippen LogP contribution in [0.25, 0.3) is 0 Å². The lowest BCUT2D eigenvalue weighted by molar-refractivity contribution is 0.159. The van der Waals surface area contributed by atoms with Gasteiger partial charge in [-0.15, -0.1) is 0 Å². The highest BCUT2D eigenvalue weighted by molar-refractivity contribution is 5.28. The van der Waals surface area contributed by atoms with Gasteiger partial charge in [-0.1, -0.05) is 11.6 Å². The first-order chi connectivity index (χ1) is 10.1. The highest BCUT2D eigenvalue weighted by Gasteiger charge is 2.21. The molecular formula is C16H27N3O2. The van der Waals surface area contributed by atoms with Gasteiger partial charge in [-0.25, -0.2) is 0 Å². The molecule has 0 radical (unpaired) electrons. The molecule has 1 aliphatic carbocycles. The van der Waals surface area contributed by atoms with Crippen molar-refractivity contribution < 1.29 is 9.84 Å². The highest BCUT2D eigenvalue weighted by atomic mass is 16.5. The van der Waals surface area contributed by atoms with Crippen LogP contribution in [0.1, 0.15) is 43.9 Å². The van der Waals surface area contributed by atoms with Gasteiger partial charge in [0.15, 0.2) is 5.75 Å². The normalized spacial score (nSPS) is 16.9. The Labute approximate surface area is 127 Å². The van der Waals surface area contributed by atoms with E-state index in [-0.39, 0.29) is 0 Å². The zero-order valence-corrected chi connectivity index (χ0v) is 13.4. The van der Waals surface area contributed by atoms with E-state index in [1.54, 1.807) is 13.3 Å². The van der Waals surface area contributed by atoms with E-state index < -0.39 is 6.10 Å². The molecule has 5 heteroatoms. The summed E-state index contributed by atoms with van der Waals surface area (Å²) in [5.41, 5.74) is 2.15. The lowest BCUT2D eigenvalue weighted by Crippen LogP contribution is -2.21. The second kappa shape index (κ2) is 7.61. The molecule has 0 spiro atoms. The summed E-state index contributed by atoms with van der Waals surface area (Å²) in [4.78, 5) is 2.11. The standard InChI is InChI=1S/C16H27N3O2/c1-18(2)9-10-19-16(15(21-3)12-17-19)14(20)11-13-7-5-4-6-8-13/h7,12,14,20H,4-6,8-11H2,1-3H3. The van der Waals surface area contributed by atoms with Gasteiger partial charge in [-0.2, -0.15) is 5.10 Å². The number of nitrogens with zero attached hydrogens (tertiary/aromatic N) is 3. The van der Waals surface area contributed by atoms with Crippen molar-refractivity contribution in [1.29, 1.82) is 0 Å². The fourth-order valence-electron chi connectivity index (χ4n) is 2.78. The number of allylic oxidation sites excluding steroid dienone is 1. The number of aliphatic hydroxyl groups excluding tert-OH is 1. The Bertz CT molecular complexity index is 480. The third kappa shape index (κ3) is 4.32. The molecule has 1 atom stereocenters. The zero-order chi connectivity index (χ0) is 15.2. The SMILES string of the molecule is COc1cnn(CCN(C)C)c1C(O)CC1=CCCCC1. The molecule has 0 aliphatic heterocycles. The van der Waals surface area contributed by atoms with Crippen LogP contribution in [-0.2, 0) is 6.54 Å². The van der Waals surface area contributed by atoms with E-state index in [0.717, 1.165) is 31.6 Å². The minimum Gasteiger partial charge on any atom is -0.493 e. The van der Waals surface area contributed by atoms with Crippen molar-refractivity contribution >= 4 is 0 Å². The maximum atomic E-state index is 10.6. The number of aliphatic hydroxyl groups is 1. The van der Waals surface area contributed by atoms with Crippen LogP contribution >= 0.6 is 0 Å². The van der Waals surface area contributed by atoms with Crippen LogP contribution in [0.2, 0.25) is 0 Å². The van der Waals surface area contributed by atoms with Crippen molar-refractivity contribution in [3.63, 3.8) is 0 Å². The molecule has 0 fully saturated rings. The second-order valence-electron chi connectivity index (χ2n) is 5.95. The predicted molar refractivity (Wildman–Crippen MR) is 83.5 cm³/mol. The summed E-state index contributed by atoms with van der Waals surface area (Å²) in [6.45, 7) is 1.63. The maximum Gasteiger partial charge on any atom is 0.162 e. The Morgan fingerprint density at radius 2 is 2.24 bits per heavy atom. The van der Waals surface area contributed by atoms with Crippen molar-refractivity contribution in [3.05, 3.63) is 23.5 Å². The van der Waals surface area contributed by atoms with E-state index in [0.29, 0.717) is 12.2 Å². The molecule has 5 nitrogen and oxygen atoms in total. The van der Waals surface area contributed by atoms with E-state index >= 15 is 0 Å². The number of hydrogen-bond donors (Lipinski definition) is 1. The number of aromatic nitrogens is 2. The molecule has 1 aromatic rings. The summed E-state index contributed by atoms with van der Waals surface area (Å²) in [6.07, 6.45) is 8.85. The molecule has 118 valence electrons. The number of hydrogen-bond acceptors (Lipinski definition) is 4. The van der Waals surface area contributed by atoms with Crippen LogP contribution in [0.5, 0.6) is 5.75 Å². The van der Waals surface area contributed by atoms with Gasteiger partial charge in [0.1, 0.15) is 11.8 Å². The van der Waals surface area contributed by atoms with E-state index in [4.69, 9.17) is 4.74 Å². The fourth-order valence-corrected chi connectivity index (χ4v) is 2.78. The summed E-state index contributed by atoms with van der Waals surface area (Å²) in [7, 11) is 5.69. The summed E-state index contributed by atoms with van der Waals surface area (Å²) >= 11 is 0. The Kier molecular flexibility index (Phi) is 5.82. The lowest BCUT2D eigenvalue weighted by Gasteiger charge is -2.19. The molecule has 1 unspecified atom stereocenters. The van der Waals surface area contributed by atoms with Crippen LogP contribution in [0.3, 0.4) is 0 Å². The molecule has 1 N–H and O–H groups in total. The van der Waals surface area contributed by atoms with Gasteiger partial charge in [0, 0.05) is 13.0 Å². The molecule has 1 aromatic heterocycles. The Morgan fingerprint density at radius 1 is 1.43 bits per heavy atom. The average Bonchev–Trinajstić information content (AvgIpc) is 2.89. The molecule has 1 aliphatic rings. The van der Waals surface area contributed by atoms with Gasteiger partial charge in [0.2, 0.25) is 0 Å². The molecule has 0 saturated heterocycles. The minimum atomic E-state index is -0.547. The topological polar surface area (TPSA) is 50.5 Å². The molecule has 0 saturated carbocycles. The van der Waals surface area contributed by atoms with Gasteiger partial charge in [-0.3, -0.25) is 4.68 Å². The van der Waals surface area contributed by atoms with Gasteiger partial charge < -0.3 is 14.7 Å². The monoisotopic (exact) mass is 293 g/mol. The lowest BCUT2D eigenvalue weighted by atomic mass is 9.94. The number of ether oxygens (including phenoxy) is 1. The van der Waals surface area contributed by atoms with Crippen LogP contribution in [0.4, 0.5) is 0 Å². The van der Waals surface area contributed by atoms with Crippen LogP contribution in [0.15, 0.2) is 17.8 Å². The van der Waals surface area contributed by atoms with Gasteiger partial charge in [-0.05, 0) is 39.8 Å². The molecule has 0 aromatic carbocycles. The van der Waals surface area contributed by atoms with Crippen molar-refractivity contribution in [3.8, 4) is 5.75 Å². The van der Waals surface area contributed by atoms with Crippen molar-refractivity contribution in [2.75, 3.05) is 27.7 Å². The third-order valence-electron chi connectivity index (χ3n) is 3.98. The Balaban J connectivity index is 2.11. The first-order valence-electron chi connectivity index (χ1n) is 7.72. The summed E-state index contributed by atoms with van der Waals surface area (Å²) < 4.78 is 7.23. The second-order valence-corrected chi connectivity index (χ2v) is 5.95. The summed E-state index contributed by atoms with van der Waals surface area (Å²) in [6, 6.07) is 0. The molecule has 2 rings (SSSR count). The largest absolute Gasteiger partial charge is 0.493 e. The Morgan fingerprint density at radius 3 is 2.86 bits per heavy atom. The maximum absolute atomic E-state index is 10.6. The smallest absolute Gasteiger partial charge is 0.162 e. The van der Waals surface area contributed by atoms with Crippen LogP contribution in [0, 0.1) is 0 Å². The number of likely N-dealkylation sites (N-methyl/N-ethyl adjacent to an activating group) is 1. The van der Waals surface area contributed by atoms with Crippen LogP contribution in [-0.4, -0.2) is 47.5 Å². The summed E-state index contributed by atoms with van der Waals surface area (Å²) in [5, 5.41) is 15.0. The molecule has 0 bridgehead atoms. The predicted octanol–water partition coefficient (Wildman–Crippen LogP) is 2.38. The van der Waals surface area contributed by atoms with Crippen molar-refractivity contribution in [1.82, 2.24) is 14.7 Å². The van der Waals surface area contributed by atoms with Crippen LogP contribution < -0.4 is 4.74 Å².